The molecule has 122 valence electrons. The Hall–Kier alpha value is -0.290. The maximum absolute atomic E-state index is 10.6. The van der Waals surface area contributed by atoms with E-state index in [1.54, 1.807) is 6.07 Å². The molecular weight excluding hydrogens is 364 g/mol. The number of aromatic hydroxyl groups is 1. The van der Waals surface area contributed by atoms with E-state index in [1.165, 1.54) is 32.1 Å². The number of benzene rings is 1. The van der Waals surface area contributed by atoms with Gasteiger partial charge in [-0.15, -0.1) is 0 Å². The van der Waals surface area contributed by atoms with Gasteiger partial charge in [-0.3, -0.25) is 4.90 Å². The van der Waals surface area contributed by atoms with Crippen LogP contribution in [0.1, 0.15) is 43.7 Å². The van der Waals surface area contributed by atoms with E-state index >= 15 is 0 Å². The Morgan fingerprint density at radius 2 is 1.86 bits per heavy atom. The lowest BCUT2D eigenvalue weighted by molar-refractivity contribution is 0.101. The quantitative estimate of drug-likeness (QED) is 0.810. The summed E-state index contributed by atoms with van der Waals surface area (Å²) >= 11 is 9.86. The second kappa shape index (κ2) is 7.52. The molecule has 1 aliphatic heterocycles. The maximum Gasteiger partial charge on any atom is 0.140 e. The number of rotatable bonds is 3. The van der Waals surface area contributed by atoms with E-state index in [2.05, 4.69) is 26.1 Å². The average Bonchev–Trinajstić information content (AvgIpc) is 2.57. The SMILES string of the molecule is Oc1c(Cl)ccc(Br)c1[C@H](C1CCCCC1)N1CCNCC1. The molecular formula is C17H24BrClN2O. The van der Waals surface area contributed by atoms with Gasteiger partial charge in [-0.05, 0) is 30.9 Å². The van der Waals surface area contributed by atoms with E-state index in [4.69, 9.17) is 11.6 Å². The van der Waals surface area contributed by atoms with Gasteiger partial charge >= 0.3 is 0 Å². The summed E-state index contributed by atoms with van der Waals surface area (Å²) < 4.78 is 0.975. The number of nitrogens with zero attached hydrogens (tertiary/aromatic N) is 1. The summed E-state index contributed by atoms with van der Waals surface area (Å²) in [6.45, 7) is 4.09. The average molecular weight is 388 g/mol. The van der Waals surface area contributed by atoms with Gasteiger partial charge in [-0.1, -0.05) is 46.8 Å². The van der Waals surface area contributed by atoms with E-state index in [1.807, 2.05) is 6.07 Å². The van der Waals surface area contributed by atoms with Crippen LogP contribution in [0.25, 0.3) is 0 Å². The summed E-state index contributed by atoms with van der Waals surface area (Å²) in [5.74, 6) is 0.859. The van der Waals surface area contributed by atoms with Crippen LogP contribution in [0.2, 0.25) is 5.02 Å². The number of phenols is 1. The minimum atomic E-state index is 0.255. The van der Waals surface area contributed by atoms with Crippen LogP contribution in [0.3, 0.4) is 0 Å². The first-order chi connectivity index (χ1) is 10.7. The smallest absolute Gasteiger partial charge is 0.140 e. The molecule has 1 atom stereocenters. The van der Waals surface area contributed by atoms with Crippen molar-refractivity contribution in [3.63, 3.8) is 0 Å². The summed E-state index contributed by atoms with van der Waals surface area (Å²) in [5.41, 5.74) is 0.987. The van der Waals surface area contributed by atoms with Crippen molar-refractivity contribution < 1.29 is 5.11 Å². The molecule has 1 heterocycles. The standard InChI is InChI=1S/C17H24BrClN2O/c18-13-6-7-14(19)17(22)15(13)16(12-4-2-1-3-5-12)21-10-8-20-9-11-21/h6-7,12,16,20,22H,1-5,8-11H2/t16-/m0/s1. The molecule has 1 aromatic carbocycles. The van der Waals surface area contributed by atoms with Crippen molar-refractivity contribution in [2.45, 2.75) is 38.1 Å². The number of hydrogen-bond acceptors (Lipinski definition) is 3. The molecule has 3 rings (SSSR count). The predicted molar refractivity (Wildman–Crippen MR) is 94.6 cm³/mol. The van der Waals surface area contributed by atoms with Crippen molar-refractivity contribution in [2.75, 3.05) is 26.2 Å². The van der Waals surface area contributed by atoms with Gasteiger partial charge < -0.3 is 10.4 Å². The van der Waals surface area contributed by atoms with Crippen LogP contribution in [0.5, 0.6) is 5.75 Å². The first-order valence-corrected chi connectivity index (χ1v) is 9.47. The first kappa shape index (κ1) is 16.6. The molecule has 0 amide bonds. The van der Waals surface area contributed by atoms with Crippen LogP contribution in [0, 0.1) is 5.92 Å². The Bertz CT molecular complexity index is 496. The first-order valence-electron chi connectivity index (χ1n) is 8.30. The molecule has 1 saturated heterocycles. The van der Waals surface area contributed by atoms with Crippen molar-refractivity contribution in [1.29, 1.82) is 0 Å². The highest BCUT2D eigenvalue weighted by Gasteiger charge is 2.34. The van der Waals surface area contributed by atoms with Gasteiger partial charge in [0.2, 0.25) is 0 Å². The molecule has 0 aromatic heterocycles. The zero-order valence-corrected chi connectivity index (χ0v) is 15.2. The maximum atomic E-state index is 10.6. The summed E-state index contributed by atoms with van der Waals surface area (Å²) in [6.07, 6.45) is 6.42. The van der Waals surface area contributed by atoms with E-state index in [9.17, 15) is 5.11 Å². The molecule has 22 heavy (non-hydrogen) atoms. The van der Waals surface area contributed by atoms with Crippen LogP contribution >= 0.6 is 27.5 Å². The number of hydrogen-bond donors (Lipinski definition) is 2. The Morgan fingerprint density at radius 3 is 2.55 bits per heavy atom. The fraction of sp³-hybridized carbons (Fsp3) is 0.647. The Kier molecular flexibility index (Phi) is 5.66. The predicted octanol–water partition coefficient (Wildman–Crippen LogP) is 4.33. The molecule has 0 radical (unpaired) electrons. The van der Waals surface area contributed by atoms with E-state index in [-0.39, 0.29) is 11.8 Å². The van der Waals surface area contributed by atoms with Crippen LogP contribution in [-0.4, -0.2) is 36.2 Å². The molecule has 5 heteroatoms. The fourth-order valence-electron chi connectivity index (χ4n) is 3.96. The molecule has 1 aliphatic carbocycles. The highest BCUT2D eigenvalue weighted by atomic mass is 79.9. The zero-order valence-electron chi connectivity index (χ0n) is 12.8. The second-order valence-electron chi connectivity index (χ2n) is 6.42. The van der Waals surface area contributed by atoms with Gasteiger partial charge in [0.1, 0.15) is 5.75 Å². The molecule has 2 aliphatic rings. The van der Waals surface area contributed by atoms with Crippen molar-refractivity contribution in [2.24, 2.45) is 5.92 Å². The van der Waals surface area contributed by atoms with Crippen molar-refractivity contribution >= 4 is 27.5 Å². The van der Waals surface area contributed by atoms with Crippen molar-refractivity contribution in [3.05, 3.63) is 27.2 Å². The minimum Gasteiger partial charge on any atom is -0.506 e. The van der Waals surface area contributed by atoms with Crippen LogP contribution in [0.15, 0.2) is 16.6 Å². The molecule has 0 unspecified atom stereocenters. The van der Waals surface area contributed by atoms with Gasteiger partial charge in [0.15, 0.2) is 0 Å². The minimum absolute atomic E-state index is 0.255. The Labute approximate surface area is 146 Å². The number of phenolic OH excluding ortho intramolecular Hbond substituents is 1. The number of piperazine rings is 1. The van der Waals surface area contributed by atoms with Crippen LogP contribution < -0.4 is 5.32 Å². The highest BCUT2D eigenvalue weighted by Crippen LogP contribution is 2.46. The molecule has 2 N–H and O–H groups in total. The van der Waals surface area contributed by atoms with Crippen molar-refractivity contribution in [3.8, 4) is 5.75 Å². The largest absolute Gasteiger partial charge is 0.506 e. The summed E-state index contributed by atoms with van der Waals surface area (Å²) in [7, 11) is 0. The molecule has 1 saturated carbocycles. The third-order valence-electron chi connectivity index (χ3n) is 5.05. The van der Waals surface area contributed by atoms with Gasteiger partial charge in [0.25, 0.3) is 0 Å². The lowest BCUT2D eigenvalue weighted by Crippen LogP contribution is -2.47. The number of nitrogens with one attached hydrogen (secondary N) is 1. The van der Waals surface area contributed by atoms with E-state index < -0.39 is 0 Å². The van der Waals surface area contributed by atoms with Gasteiger partial charge in [-0.25, -0.2) is 0 Å². The Balaban J connectivity index is 1.98. The van der Waals surface area contributed by atoms with Gasteiger partial charge in [0.05, 0.1) is 5.02 Å². The monoisotopic (exact) mass is 386 g/mol. The van der Waals surface area contributed by atoms with E-state index in [0.717, 1.165) is 36.2 Å². The normalized spacial score (nSPS) is 22.6. The van der Waals surface area contributed by atoms with E-state index in [0.29, 0.717) is 10.9 Å². The molecule has 0 bridgehead atoms. The summed E-state index contributed by atoms with van der Waals surface area (Å²) in [4.78, 5) is 2.53. The van der Waals surface area contributed by atoms with Gasteiger partial charge in [0, 0.05) is 42.3 Å². The molecule has 0 spiro atoms. The highest BCUT2D eigenvalue weighted by molar-refractivity contribution is 9.10. The summed E-state index contributed by atoms with van der Waals surface area (Å²) in [6, 6.07) is 3.99. The lowest BCUT2D eigenvalue weighted by Gasteiger charge is -2.41. The van der Waals surface area contributed by atoms with Crippen LogP contribution in [-0.2, 0) is 0 Å². The zero-order chi connectivity index (χ0) is 15.5. The molecule has 3 nitrogen and oxygen atoms in total. The summed E-state index contributed by atoms with van der Waals surface area (Å²) in [5, 5.41) is 14.5. The van der Waals surface area contributed by atoms with Crippen LogP contribution in [0.4, 0.5) is 0 Å². The third-order valence-corrected chi connectivity index (χ3v) is 6.05. The fourth-order valence-corrected chi connectivity index (χ4v) is 4.68. The van der Waals surface area contributed by atoms with Gasteiger partial charge in [-0.2, -0.15) is 0 Å². The topological polar surface area (TPSA) is 35.5 Å². The van der Waals surface area contributed by atoms with Crippen molar-refractivity contribution in [1.82, 2.24) is 10.2 Å². The second-order valence-corrected chi connectivity index (χ2v) is 7.68. The Morgan fingerprint density at radius 1 is 1.18 bits per heavy atom. The molecule has 1 aromatic rings. The number of halogens is 2. The lowest BCUT2D eigenvalue weighted by atomic mass is 9.80. The molecule has 2 fully saturated rings. The third kappa shape index (κ3) is 3.45.